The van der Waals surface area contributed by atoms with Gasteiger partial charge >= 0.3 is 6.18 Å². The van der Waals surface area contributed by atoms with E-state index < -0.39 is 21.3 Å². The molecular formula is C20H15Cl6F3N2O. The molecule has 1 heterocycles. The van der Waals surface area contributed by atoms with Crippen molar-refractivity contribution < 1.29 is 18.0 Å². The summed E-state index contributed by atoms with van der Waals surface area (Å²) in [4.78, 5) is 13.3. The summed E-state index contributed by atoms with van der Waals surface area (Å²) < 4.78 is 40.7. The van der Waals surface area contributed by atoms with Crippen molar-refractivity contribution in [3.8, 4) is 0 Å². The lowest BCUT2D eigenvalue weighted by atomic mass is 9.79. The van der Waals surface area contributed by atoms with Gasteiger partial charge < -0.3 is 10.2 Å². The van der Waals surface area contributed by atoms with E-state index in [9.17, 15) is 18.0 Å². The van der Waals surface area contributed by atoms with Gasteiger partial charge in [0, 0.05) is 40.4 Å². The monoisotopic (exact) mass is 566 g/mol. The van der Waals surface area contributed by atoms with Crippen LogP contribution in [0.4, 0.5) is 18.9 Å². The van der Waals surface area contributed by atoms with Crippen molar-refractivity contribution in [2.75, 3.05) is 18.0 Å². The third kappa shape index (κ3) is 5.48. The highest BCUT2D eigenvalue weighted by atomic mass is 35.6. The number of nitrogens with one attached hydrogen (secondary N) is 1. The van der Waals surface area contributed by atoms with E-state index in [1.165, 1.54) is 24.3 Å². The average molecular weight is 569 g/mol. The maximum atomic E-state index is 14.3. The van der Waals surface area contributed by atoms with Gasteiger partial charge in [0.15, 0.2) is 0 Å². The predicted octanol–water partition coefficient (Wildman–Crippen LogP) is 7.34. The van der Waals surface area contributed by atoms with Gasteiger partial charge in [0.1, 0.15) is 5.41 Å². The lowest BCUT2D eigenvalue weighted by Gasteiger charge is -2.33. The number of hydrogen-bond donors (Lipinski definition) is 1. The number of carbonyl (C=O) groups is 1. The Hall–Kier alpha value is -0.760. The SMILES string of the molecule is O=C(NCc1ccc(N2CCC(c3cc(Cl)cc(Cl)c3)(C(F)(F)F)C2)cc1Cl)C(Cl)(Cl)Cl. The average Bonchev–Trinajstić information content (AvgIpc) is 3.12. The summed E-state index contributed by atoms with van der Waals surface area (Å²) in [5, 5.41) is 2.96. The zero-order chi connectivity index (χ0) is 23.9. The molecule has 3 nitrogen and oxygen atoms in total. The van der Waals surface area contributed by atoms with Crippen LogP contribution in [0.3, 0.4) is 0 Å². The first-order chi connectivity index (χ1) is 14.7. The molecule has 1 saturated heterocycles. The molecule has 1 atom stereocenters. The zero-order valence-corrected chi connectivity index (χ0v) is 20.6. The minimum atomic E-state index is -4.53. The fourth-order valence-corrected chi connectivity index (χ4v) is 4.61. The Kier molecular flexibility index (Phi) is 7.65. The second-order valence-electron chi connectivity index (χ2n) is 7.37. The maximum Gasteiger partial charge on any atom is 0.400 e. The molecule has 1 aliphatic heterocycles. The van der Waals surface area contributed by atoms with E-state index in [0.29, 0.717) is 11.3 Å². The van der Waals surface area contributed by atoms with E-state index in [-0.39, 0.29) is 46.7 Å². The molecule has 12 heteroatoms. The highest BCUT2D eigenvalue weighted by Crippen LogP contribution is 2.49. The van der Waals surface area contributed by atoms with Crippen LogP contribution in [-0.4, -0.2) is 29.0 Å². The number of nitrogens with zero attached hydrogens (tertiary/aromatic N) is 1. The summed E-state index contributed by atoms with van der Waals surface area (Å²) in [7, 11) is 0. The Bertz CT molecular complexity index is 1010. The summed E-state index contributed by atoms with van der Waals surface area (Å²) in [6.07, 6.45) is -4.70. The molecule has 0 aliphatic carbocycles. The van der Waals surface area contributed by atoms with Gasteiger partial charge in [-0.15, -0.1) is 0 Å². The highest BCUT2D eigenvalue weighted by Gasteiger charge is 2.59. The van der Waals surface area contributed by atoms with E-state index in [0.717, 1.165) is 0 Å². The Morgan fingerprint density at radius 1 is 1.03 bits per heavy atom. The Morgan fingerprint density at radius 3 is 2.19 bits per heavy atom. The quantitative estimate of drug-likeness (QED) is 0.391. The largest absolute Gasteiger partial charge is 0.400 e. The van der Waals surface area contributed by atoms with Crippen LogP contribution in [-0.2, 0) is 16.8 Å². The summed E-state index contributed by atoms with van der Waals surface area (Å²) in [5.41, 5.74) is -1.10. The van der Waals surface area contributed by atoms with Crippen LogP contribution in [0.1, 0.15) is 17.5 Å². The number of carbonyl (C=O) groups excluding carboxylic acids is 1. The molecule has 0 saturated carbocycles. The summed E-state index contributed by atoms with van der Waals surface area (Å²) >= 11 is 34.8. The number of anilines is 1. The Labute approximate surface area is 212 Å². The number of amides is 1. The van der Waals surface area contributed by atoms with E-state index in [4.69, 9.17) is 69.6 Å². The van der Waals surface area contributed by atoms with Crippen LogP contribution in [0, 0.1) is 0 Å². The first kappa shape index (κ1) is 25.9. The molecule has 3 rings (SSSR count). The van der Waals surface area contributed by atoms with Gasteiger partial charge in [0.25, 0.3) is 9.70 Å². The Morgan fingerprint density at radius 2 is 1.66 bits per heavy atom. The van der Waals surface area contributed by atoms with Crippen molar-refractivity contribution in [3.63, 3.8) is 0 Å². The van der Waals surface area contributed by atoms with Gasteiger partial charge in [0.2, 0.25) is 0 Å². The molecule has 0 radical (unpaired) electrons. The molecule has 1 fully saturated rings. The molecular weight excluding hydrogens is 554 g/mol. The second-order valence-corrected chi connectivity index (χ2v) is 10.9. The first-order valence-electron chi connectivity index (χ1n) is 9.15. The van der Waals surface area contributed by atoms with Gasteiger partial charge in [-0.05, 0) is 47.9 Å². The van der Waals surface area contributed by atoms with Crippen molar-refractivity contribution in [2.45, 2.75) is 28.3 Å². The van der Waals surface area contributed by atoms with E-state index in [2.05, 4.69) is 5.32 Å². The normalized spacial score (nSPS) is 19.3. The third-order valence-electron chi connectivity index (χ3n) is 5.33. The van der Waals surface area contributed by atoms with E-state index in [1.807, 2.05) is 0 Å². The number of alkyl halides is 6. The van der Waals surface area contributed by atoms with Crippen molar-refractivity contribution in [1.29, 1.82) is 0 Å². The topological polar surface area (TPSA) is 32.3 Å². The van der Waals surface area contributed by atoms with Crippen molar-refractivity contribution >= 4 is 81.2 Å². The standard InChI is InChI=1S/C20H15Cl6F3N2O/c21-13-5-12(6-14(22)7-13)18(20(27,28)29)3-4-31(10-18)15-2-1-11(16(23)8-15)9-30-17(32)19(24,25)26/h1-2,5-8H,3-4,9-10H2,(H,30,32). The first-order valence-corrected chi connectivity index (χ1v) is 11.4. The molecule has 0 bridgehead atoms. The fraction of sp³-hybridized carbons (Fsp3) is 0.350. The minimum absolute atomic E-state index is 0.0145. The molecule has 1 amide bonds. The van der Waals surface area contributed by atoms with Crippen LogP contribution in [0.2, 0.25) is 15.1 Å². The van der Waals surface area contributed by atoms with Crippen LogP contribution >= 0.6 is 69.6 Å². The minimum Gasteiger partial charge on any atom is -0.370 e. The smallest absolute Gasteiger partial charge is 0.370 e. The maximum absolute atomic E-state index is 14.3. The summed E-state index contributed by atoms with van der Waals surface area (Å²) in [6.45, 7) is -0.199. The Balaban J connectivity index is 1.84. The molecule has 2 aromatic carbocycles. The number of benzene rings is 2. The lowest BCUT2D eigenvalue weighted by molar-refractivity contribution is -0.184. The van der Waals surface area contributed by atoms with Crippen LogP contribution in [0.25, 0.3) is 0 Å². The molecule has 174 valence electrons. The van der Waals surface area contributed by atoms with Crippen molar-refractivity contribution in [2.24, 2.45) is 0 Å². The third-order valence-corrected chi connectivity index (χ3v) is 6.63. The van der Waals surface area contributed by atoms with Gasteiger partial charge in [-0.3, -0.25) is 4.79 Å². The van der Waals surface area contributed by atoms with Crippen molar-refractivity contribution in [1.82, 2.24) is 5.32 Å². The highest BCUT2D eigenvalue weighted by molar-refractivity contribution is 6.76. The van der Waals surface area contributed by atoms with Gasteiger partial charge in [-0.1, -0.05) is 75.7 Å². The second kappa shape index (κ2) is 9.47. The van der Waals surface area contributed by atoms with E-state index in [1.54, 1.807) is 17.0 Å². The predicted molar refractivity (Wildman–Crippen MR) is 125 cm³/mol. The van der Waals surface area contributed by atoms with E-state index >= 15 is 0 Å². The zero-order valence-electron chi connectivity index (χ0n) is 16.0. The van der Waals surface area contributed by atoms with Crippen LogP contribution in [0.5, 0.6) is 0 Å². The molecule has 0 spiro atoms. The van der Waals surface area contributed by atoms with Crippen LogP contribution < -0.4 is 10.2 Å². The number of hydrogen-bond acceptors (Lipinski definition) is 2. The summed E-state index contributed by atoms with van der Waals surface area (Å²) in [6, 6.07) is 8.75. The number of rotatable bonds is 4. The van der Waals surface area contributed by atoms with Gasteiger partial charge in [0.05, 0.1) is 0 Å². The molecule has 1 N–H and O–H groups in total. The summed E-state index contributed by atoms with van der Waals surface area (Å²) in [5.74, 6) is -0.822. The van der Waals surface area contributed by atoms with Crippen molar-refractivity contribution in [3.05, 3.63) is 62.6 Å². The lowest BCUT2D eigenvalue weighted by Crippen LogP contribution is -2.44. The molecule has 1 aliphatic rings. The molecule has 1 unspecified atom stereocenters. The molecule has 32 heavy (non-hydrogen) atoms. The van der Waals surface area contributed by atoms with Crippen LogP contribution in [0.15, 0.2) is 36.4 Å². The van der Waals surface area contributed by atoms with Gasteiger partial charge in [-0.2, -0.15) is 13.2 Å². The molecule has 2 aromatic rings. The fourth-order valence-electron chi connectivity index (χ4n) is 3.64. The number of halogens is 9. The van der Waals surface area contributed by atoms with Gasteiger partial charge in [-0.25, -0.2) is 0 Å². The molecule has 0 aromatic heterocycles.